The maximum Gasteiger partial charge on any atom is 0.306 e. The van der Waals surface area contributed by atoms with Crippen molar-refractivity contribution in [2.45, 2.75) is 26.2 Å². The van der Waals surface area contributed by atoms with E-state index in [-0.39, 0.29) is 18.8 Å². The van der Waals surface area contributed by atoms with Crippen LogP contribution in [0.2, 0.25) is 0 Å². The molecule has 0 bridgehead atoms. The topological polar surface area (TPSA) is 104 Å². The first-order valence-electron chi connectivity index (χ1n) is 6.24. The molecule has 1 heterocycles. The minimum atomic E-state index is -3.73. The number of esters is 1. The number of aromatic nitrogens is 2. The molecule has 9 heteroatoms. The van der Waals surface area contributed by atoms with Gasteiger partial charge in [-0.3, -0.25) is 14.6 Å². The zero-order chi connectivity index (χ0) is 15.2. The first-order valence-corrected chi connectivity index (χ1v) is 7.68. The Balaban J connectivity index is 2.61. The van der Waals surface area contributed by atoms with Gasteiger partial charge in [-0.2, -0.15) is 17.8 Å². The molecule has 1 aromatic heterocycles. The molecule has 0 saturated heterocycles. The van der Waals surface area contributed by atoms with Crippen molar-refractivity contribution in [3.05, 3.63) is 11.8 Å². The Kier molecular flexibility index (Phi) is 5.96. The van der Waals surface area contributed by atoms with E-state index in [0.29, 0.717) is 0 Å². The fraction of sp³-hybridized carbons (Fsp3) is 0.636. The minimum absolute atomic E-state index is 0.00440. The molecule has 0 aliphatic carbocycles. The summed E-state index contributed by atoms with van der Waals surface area (Å²) in [6, 6.07) is 1.65. The van der Waals surface area contributed by atoms with Crippen LogP contribution in [-0.2, 0) is 26.2 Å². The van der Waals surface area contributed by atoms with Crippen LogP contribution in [0.5, 0.6) is 0 Å². The molecule has 0 spiro atoms. The Labute approximate surface area is 118 Å². The Hall–Kier alpha value is -1.61. The predicted octanol–water partition coefficient (Wildman–Crippen LogP) is 0.514. The number of nitrogens with zero attached hydrogens (tertiary/aromatic N) is 2. The van der Waals surface area contributed by atoms with Crippen molar-refractivity contribution < 1.29 is 17.9 Å². The normalized spacial score (nSPS) is 11.6. The molecule has 0 unspecified atom stereocenters. The maximum atomic E-state index is 12.0. The first-order chi connectivity index (χ1) is 9.39. The SMILES string of the molecule is CCCc1cc(NS(=O)(=O)N(C)CCC(=O)OC)n[nH]1. The molecule has 8 nitrogen and oxygen atoms in total. The first kappa shape index (κ1) is 16.4. The van der Waals surface area contributed by atoms with E-state index in [0.717, 1.165) is 22.8 Å². The number of anilines is 1. The molecule has 20 heavy (non-hydrogen) atoms. The summed E-state index contributed by atoms with van der Waals surface area (Å²) in [5.74, 6) is -0.226. The van der Waals surface area contributed by atoms with E-state index in [1.165, 1.54) is 14.2 Å². The number of aromatic amines is 1. The highest BCUT2D eigenvalue weighted by atomic mass is 32.2. The van der Waals surface area contributed by atoms with Crippen molar-refractivity contribution in [3.8, 4) is 0 Å². The lowest BCUT2D eigenvalue weighted by Crippen LogP contribution is -2.34. The van der Waals surface area contributed by atoms with Crippen LogP contribution in [0.15, 0.2) is 6.07 Å². The molecule has 0 aromatic carbocycles. The van der Waals surface area contributed by atoms with Crippen molar-refractivity contribution in [2.24, 2.45) is 0 Å². The highest BCUT2D eigenvalue weighted by molar-refractivity contribution is 7.90. The Bertz CT molecular complexity index is 540. The number of hydrogen-bond acceptors (Lipinski definition) is 5. The summed E-state index contributed by atoms with van der Waals surface area (Å²) in [5.41, 5.74) is 0.863. The average Bonchev–Trinajstić information content (AvgIpc) is 2.82. The monoisotopic (exact) mass is 304 g/mol. The third kappa shape index (κ3) is 4.82. The summed E-state index contributed by atoms with van der Waals surface area (Å²) in [6.07, 6.45) is 1.73. The highest BCUT2D eigenvalue weighted by Crippen LogP contribution is 2.11. The van der Waals surface area contributed by atoms with E-state index in [1.807, 2.05) is 6.92 Å². The smallest absolute Gasteiger partial charge is 0.306 e. The molecule has 0 amide bonds. The summed E-state index contributed by atoms with van der Waals surface area (Å²) in [7, 11) is -1.09. The molecule has 0 atom stereocenters. The number of carbonyl (C=O) groups is 1. The van der Waals surface area contributed by atoms with Crippen molar-refractivity contribution in [1.29, 1.82) is 0 Å². The largest absolute Gasteiger partial charge is 0.469 e. The van der Waals surface area contributed by atoms with E-state index in [2.05, 4.69) is 19.7 Å². The molecule has 0 saturated carbocycles. The Morgan fingerprint density at radius 2 is 2.25 bits per heavy atom. The van der Waals surface area contributed by atoms with Crippen LogP contribution in [-0.4, -0.2) is 49.6 Å². The second-order valence-corrected chi connectivity index (χ2v) is 6.06. The summed E-state index contributed by atoms with van der Waals surface area (Å²) in [4.78, 5) is 11.0. The number of ether oxygens (including phenoxy) is 1. The summed E-state index contributed by atoms with van der Waals surface area (Å²) in [6.45, 7) is 2.06. The standard InChI is InChI=1S/C11H20N4O4S/c1-4-5-9-8-10(13-12-9)14-20(17,18)15(2)7-6-11(16)19-3/h8H,4-7H2,1-3H3,(H2,12,13,14). The summed E-state index contributed by atoms with van der Waals surface area (Å²) >= 11 is 0. The van der Waals surface area contributed by atoms with E-state index in [1.54, 1.807) is 6.07 Å². The third-order valence-corrected chi connectivity index (χ3v) is 4.12. The van der Waals surface area contributed by atoms with Crippen LogP contribution in [0.1, 0.15) is 25.5 Å². The van der Waals surface area contributed by atoms with Gasteiger partial charge in [0, 0.05) is 25.4 Å². The molecule has 0 fully saturated rings. The van der Waals surface area contributed by atoms with Gasteiger partial charge in [0.2, 0.25) is 0 Å². The Morgan fingerprint density at radius 3 is 2.85 bits per heavy atom. The number of H-pyrrole nitrogens is 1. The minimum Gasteiger partial charge on any atom is -0.469 e. The maximum absolute atomic E-state index is 12.0. The molecule has 114 valence electrons. The van der Waals surface area contributed by atoms with E-state index < -0.39 is 16.2 Å². The number of aryl methyl sites for hydroxylation is 1. The fourth-order valence-electron chi connectivity index (χ4n) is 1.49. The molecule has 0 radical (unpaired) electrons. The van der Waals surface area contributed by atoms with Crippen molar-refractivity contribution >= 4 is 22.0 Å². The van der Waals surface area contributed by atoms with Crippen LogP contribution in [0, 0.1) is 0 Å². The number of hydrogen-bond donors (Lipinski definition) is 2. The molecule has 0 aliphatic rings. The molecule has 2 N–H and O–H groups in total. The Morgan fingerprint density at radius 1 is 1.55 bits per heavy atom. The van der Waals surface area contributed by atoms with Gasteiger partial charge in [0.1, 0.15) is 0 Å². The van der Waals surface area contributed by atoms with Gasteiger partial charge in [-0.25, -0.2) is 0 Å². The number of methoxy groups -OCH3 is 1. The van der Waals surface area contributed by atoms with Gasteiger partial charge in [0.25, 0.3) is 0 Å². The molecule has 0 aliphatic heterocycles. The average molecular weight is 304 g/mol. The zero-order valence-corrected chi connectivity index (χ0v) is 12.7. The highest BCUT2D eigenvalue weighted by Gasteiger charge is 2.19. The van der Waals surface area contributed by atoms with Gasteiger partial charge >= 0.3 is 16.2 Å². The fourth-order valence-corrected chi connectivity index (χ4v) is 2.35. The number of nitrogens with one attached hydrogen (secondary N) is 2. The molecular weight excluding hydrogens is 284 g/mol. The summed E-state index contributed by atoms with van der Waals surface area (Å²) < 4.78 is 31.8. The quantitative estimate of drug-likeness (QED) is 0.681. The second kappa shape index (κ2) is 7.25. The third-order valence-electron chi connectivity index (χ3n) is 2.65. The predicted molar refractivity (Wildman–Crippen MR) is 74.4 cm³/mol. The van der Waals surface area contributed by atoms with Gasteiger partial charge in [0.15, 0.2) is 5.82 Å². The van der Waals surface area contributed by atoms with E-state index in [9.17, 15) is 13.2 Å². The molecule has 1 rings (SSSR count). The molecule has 1 aromatic rings. The van der Waals surface area contributed by atoms with E-state index >= 15 is 0 Å². The van der Waals surface area contributed by atoms with Gasteiger partial charge in [-0.1, -0.05) is 13.3 Å². The summed E-state index contributed by atoms with van der Waals surface area (Å²) in [5, 5.41) is 6.64. The van der Waals surface area contributed by atoms with Crippen LogP contribution in [0.4, 0.5) is 5.82 Å². The van der Waals surface area contributed by atoms with Crippen LogP contribution < -0.4 is 4.72 Å². The van der Waals surface area contributed by atoms with Gasteiger partial charge in [0.05, 0.1) is 13.5 Å². The van der Waals surface area contributed by atoms with Crippen molar-refractivity contribution in [3.63, 3.8) is 0 Å². The molecular formula is C11H20N4O4S. The lowest BCUT2D eigenvalue weighted by atomic mass is 10.2. The van der Waals surface area contributed by atoms with Crippen LogP contribution >= 0.6 is 0 Å². The van der Waals surface area contributed by atoms with Gasteiger partial charge < -0.3 is 4.74 Å². The van der Waals surface area contributed by atoms with Crippen LogP contribution in [0.3, 0.4) is 0 Å². The number of rotatable bonds is 8. The van der Waals surface area contributed by atoms with Crippen molar-refractivity contribution in [1.82, 2.24) is 14.5 Å². The number of carbonyl (C=O) groups excluding carboxylic acids is 1. The zero-order valence-electron chi connectivity index (χ0n) is 11.8. The second-order valence-electron chi connectivity index (χ2n) is 4.28. The van der Waals surface area contributed by atoms with Gasteiger partial charge in [-0.05, 0) is 6.42 Å². The lowest BCUT2D eigenvalue weighted by molar-refractivity contribution is -0.140. The van der Waals surface area contributed by atoms with Crippen LogP contribution in [0.25, 0.3) is 0 Å². The van der Waals surface area contributed by atoms with Crippen molar-refractivity contribution in [2.75, 3.05) is 25.4 Å². The lowest BCUT2D eigenvalue weighted by Gasteiger charge is -2.16. The van der Waals surface area contributed by atoms with E-state index in [4.69, 9.17) is 0 Å². The van der Waals surface area contributed by atoms with Gasteiger partial charge in [-0.15, -0.1) is 0 Å².